The average molecular weight is 558 g/mol. The zero-order valence-corrected chi connectivity index (χ0v) is 23.1. The molecule has 3 aromatic heterocycles. The van der Waals surface area contributed by atoms with Gasteiger partial charge in [-0.3, -0.25) is 9.71 Å². The van der Waals surface area contributed by atoms with E-state index in [0.29, 0.717) is 54.0 Å². The molecule has 1 aliphatic carbocycles. The van der Waals surface area contributed by atoms with E-state index >= 15 is 0 Å². The SMILES string of the molecule is CCCOc1cnc(NC2CCC(Oc3nc(N4CCOCC4)cc4ncc(NS(C)(=O)=O)cc34)CC2)nc1. The van der Waals surface area contributed by atoms with Gasteiger partial charge < -0.3 is 24.4 Å². The maximum Gasteiger partial charge on any atom is 0.229 e. The minimum atomic E-state index is -3.45. The Hall–Kier alpha value is -3.45. The molecular weight excluding hydrogens is 522 g/mol. The van der Waals surface area contributed by atoms with Crippen molar-refractivity contribution in [1.82, 2.24) is 19.9 Å². The lowest BCUT2D eigenvalue weighted by molar-refractivity contribution is 0.122. The van der Waals surface area contributed by atoms with Crippen molar-refractivity contribution in [3.63, 3.8) is 0 Å². The molecule has 39 heavy (non-hydrogen) atoms. The molecule has 12 nitrogen and oxygen atoms in total. The number of aromatic nitrogens is 4. The fourth-order valence-corrected chi connectivity index (χ4v) is 5.29. The number of nitrogens with zero attached hydrogens (tertiary/aromatic N) is 5. The van der Waals surface area contributed by atoms with E-state index in [2.05, 4.69) is 36.8 Å². The van der Waals surface area contributed by atoms with Gasteiger partial charge in [-0.05, 0) is 38.2 Å². The average Bonchev–Trinajstić information content (AvgIpc) is 2.93. The third-order valence-corrected chi connectivity index (χ3v) is 7.26. The van der Waals surface area contributed by atoms with Crippen LogP contribution in [0.15, 0.2) is 30.7 Å². The summed E-state index contributed by atoms with van der Waals surface area (Å²) in [6, 6.07) is 3.88. The van der Waals surface area contributed by atoms with E-state index in [1.807, 2.05) is 6.07 Å². The van der Waals surface area contributed by atoms with Gasteiger partial charge in [0.2, 0.25) is 21.9 Å². The summed E-state index contributed by atoms with van der Waals surface area (Å²) in [5.41, 5.74) is 1.06. The highest BCUT2D eigenvalue weighted by atomic mass is 32.2. The zero-order valence-electron chi connectivity index (χ0n) is 22.3. The summed E-state index contributed by atoms with van der Waals surface area (Å²) in [5.74, 6) is 2.49. The van der Waals surface area contributed by atoms with Crippen molar-refractivity contribution in [2.24, 2.45) is 0 Å². The Morgan fingerprint density at radius 1 is 1.05 bits per heavy atom. The molecule has 1 saturated carbocycles. The molecule has 2 aliphatic rings. The Kier molecular flexibility index (Phi) is 8.46. The minimum absolute atomic E-state index is 0.0315. The monoisotopic (exact) mass is 557 g/mol. The van der Waals surface area contributed by atoms with Gasteiger partial charge in [0.05, 0.1) is 61.3 Å². The van der Waals surface area contributed by atoms with Gasteiger partial charge in [-0.1, -0.05) is 6.92 Å². The number of morpholine rings is 1. The Balaban J connectivity index is 1.28. The van der Waals surface area contributed by atoms with E-state index in [4.69, 9.17) is 19.2 Å². The van der Waals surface area contributed by atoms with E-state index in [-0.39, 0.29) is 12.1 Å². The molecule has 210 valence electrons. The molecule has 0 unspecified atom stereocenters. The molecule has 3 aromatic rings. The van der Waals surface area contributed by atoms with Crippen molar-refractivity contribution in [3.8, 4) is 11.6 Å². The van der Waals surface area contributed by atoms with Gasteiger partial charge >= 0.3 is 0 Å². The molecular formula is C26H35N7O5S. The molecule has 13 heteroatoms. The van der Waals surface area contributed by atoms with Crippen molar-refractivity contribution in [2.75, 3.05) is 54.1 Å². The molecule has 0 bridgehead atoms. The summed E-state index contributed by atoms with van der Waals surface area (Å²) < 4.78 is 43.6. The van der Waals surface area contributed by atoms with Crippen LogP contribution < -0.4 is 24.4 Å². The Bertz CT molecular complexity index is 1360. The molecule has 0 spiro atoms. The Morgan fingerprint density at radius 3 is 2.49 bits per heavy atom. The van der Waals surface area contributed by atoms with Gasteiger partial charge in [-0.2, -0.15) is 4.98 Å². The normalized spacial score (nSPS) is 20.0. The smallest absolute Gasteiger partial charge is 0.229 e. The Morgan fingerprint density at radius 2 is 1.79 bits per heavy atom. The summed E-state index contributed by atoms with van der Waals surface area (Å²) in [7, 11) is -3.45. The number of fused-ring (bicyclic) bond motifs is 1. The molecule has 1 aliphatic heterocycles. The van der Waals surface area contributed by atoms with Crippen LogP contribution in [0.5, 0.6) is 11.6 Å². The molecule has 0 amide bonds. The second kappa shape index (κ2) is 12.2. The predicted octanol–water partition coefficient (Wildman–Crippen LogP) is 3.22. The maximum absolute atomic E-state index is 11.8. The third-order valence-electron chi connectivity index (χ3n) is 6.66. The largest absolute Gasteiger partial charge is 0.490 e. The zero-order chi connectivity index (χ0) is 27.2. The summed E-state index contributed by atoms with van der Waals surface area (Å²) >= 11 is 0. The number of anilines is 3. The van der Waals surface area contributed by atoms with Crippen LogP contribution in [0.4, 0.5) is 17.5 Å². The van der Waals surface area contributed by atoms with Gasteiger partial charge in [-0.15, -0.1) is 0 Å². The molecule has 4 heterocycles. The van der Waals surface area contributed by atoms with Crippen molar-refractivity contribution in [2.45, 2.75) is 51.2 Å². The molecule has 2 fully saturated rings. The first-order chi connectivity index (χ1) is 18.9. The fraction of sp³-hybridized carbons (Fsp3) is 0.538. The highest BCUT2D eigenvalue weighted by Gasteiger charge is 2.25. The molecule has 0 atom stereocenters. The van der Waals surface area contributed by atoms with Crippen LogP contribution in [0.2, 0.25) is 0 Å². The van der Waals surface area contributed by atoms with E-state index < -0.39 is 10.0 Å². The first-order valence-electron chi connectivity index (χ1n) is 13.4. The number of ether oxygens (including phenoxy) is 3. The standard InChI is InChI=1S/C26H35N7O5S/c1-3-10-37-21-16-28-26(29-17-21)30-18-4-6-20(7-5-18)38-25-22-13-19(32-39(2,34)35)15-27-23(22)14-24(31-25)33-8-11-36-12-9-33/h13-18,20,32H,3-12H2,1-2H3,(H,28,29,30). The second-order valence-electron chi connectivity index (χ2n) is 9.88. The second-order valence-corrected chi connectivity index (χ2v) is 11.6. The maximum atomic E-state index is 11.8. The van der Waals surface area contributed by atoms with Gasteiger partial charge in [0.25, 0.3) is 0 Å². The summed E-state index contributed by atoms with van der Waals surface area (Å²) in [5, 5.41) is 4.08. The highest BCUT2D eigenvalue weighted by Crippen LogP contribution is 2.33. The van der Waals surface area contributed by atoms with Gasteiger partial charge in [0, 0.05) is 25.2 Å². The predicted molar refractivity (Wildman–Crippen MR) is 149 cm³/mol. The summed E-state index contributed by atoms with van der Waals surface area (Å²) in [6.45, 7) is 5.43. The number of nitrogens with one attached hydrogen (secondary N) is 2. The van der Waals surface area contributed by atoms with Crippen LogP contribution in [0, 0.1) is 0 Å². The fourth-order valence-electron chi connectivity index (χ4n) is 4.75. The first kappa shape index (κ1) is 27.1. The molecule has 1 saturated heterocycles. The third kappa shape index (κ3) is 7.35. The number of sulfonamides is 1. The molecule has 2 N–H and O–H groups in total. The quantitative estimate of drug-likeness (QED) is 0.380. The number of pyridine rings is 2. The topological polar surface area (TPSA) is 141 Å². The molecule has 0 aromatic carbocycles. The highest BCUT2D eigenvalue weighted by molar-refractivity contribution is 7.92. The lowest BCUT2D eigenvalue weighted by Gasteiger charge is -2.31. The number of rotatable bonds is 10. The summed E-state index contributed by atoms with van der Waals surface area (Å²) in [6.07, 6.45) is 10.4. The Labute approximate surface area is 228 Å². The van der Waals surface area contributed by atoms with E-state index in [9.17, 15) is 8.42 Å². The lowest BCUT2D eigenvalue weighted by Crippen LogP contribution is -2.37. The van der Waals surface area contributed by atoms with Crippen molar-refractivity contribution >= 4 is 38.4 Å². The van der Waals surface area contributed by atoms with Crippen molar-refractivity contribution in [1.29, 1.82) is 0 Å². The number of hydrogen-bond donors (Lipinski definition) is 2. The van der Waals surface area contributed by atoms with Crippen LogP contribution >= 0.6 is 0 Å². The first-order valence-corrected chi connectivity index (χ1v) is 15.2. The van der Waals surface area contributed by atoms with Crippen LogP contribution in [0.1, 0.15) is 39.0 Å². The van der Waals surface area contributed by atoms with Gasteiger partial charge in [0.15, 0.2) is 5.75 Å². The van der Waals surface area contributed by atoms with E-state index in [1.54, 1.807) is 18.5 Å². The number of hydrogen-bond acceptors (Lipinski definition) is 11. The summed E-state index contributed by atoms with van der Waals surface area (Å²) in [4.78, 5) is 20.3. The van der Waals surface area contributed by atoms with E-state index in [1.165, 1.54) is 6.20 Å². The van der Waals surface area contributed by atoms with Crippen LogP contribution in [-0.2, 0) is 14.8 Å². The van der Waals surface area contributed by atoms with Gasteiger partial charge in [0.1, 0.15) is 11.9 Å². The van der Waals surface area contributed by atoms with Crippen LogP contribution in [-0.4, -0.2) is 79.7 Å². The van der Waals surface area contributed by atoms with Crippen molar-refractivity contribution < 1.29 is 22.6 Å². The van der Waals surface area contributed by atoms with Gasteiger partial charge in [-0.25, -0.2) is 18.4 Å². The molecule has 5 rings (SSSR count). The van der Waals surface area contributed by atoms with Crippen LogP contribution in [0.3, 0.4) is 0 Å². The molecule has 0 radical (unpaired) electrons. The minimum Gasteiger partial charge on any atom is -0.490 e. The van der Waals surface area contributed by atoms with E-state index in [0.717, 1.165) is 57.3 Å². The van der Waals surface area contributed by atoms with Crippen LogP contribution in [0.25, 0.3) is 10.9 Å². The van der Waals surface area contributed by atoms with Crippen molar-refractivity contribution in [3.05, 3.63) is 30.7 Å². The lowest BCUT2D eigenvalue weighted by atomic mass is 9.93.